The summed E-state index contributed by atoms with van der Waals surface area (Å²) in [5.41, 5.74) is 1.90. The molecule has 1 heterocycles. The van der Waals surface area contributed by atoms with E-state index in [0.29, 0.717) is 28.5 Å². The van der Waals surface area contributed by atoms with Crippen molar-refractivity contribution in [3.8, 4) is 0 Å². The second kappa shape index (κ2) is 5.96. The lowest BCUT2D eigenvalue weighted by atomic mass is 9.98. The van der Waals surface area contributed by atoms with Crippen molar-refractivity contribution in [1.29, 1.82) is 0 Å². The van der Waals surface area contributed by atoms with E-state index in [1.165, 1.54) is 0 Å². The predicted octanol–water partition coefficient (Wildman–Crippen LogP) is 2.74. The van der Waals surface area contributed by atoms with Crippen LogP contribution in [0.1, 0.15) is 31.0 Å². The maximum atomic E-state index is 11.5. The Balaban J connectivity index is 2.63. The topological polar surface area (TPSA) is 70.9 Å². The number of hydrogen-bond donors (Lipinski definition) is 2. The van der Waals surface area contributed by atoms with E-state index >= 15 is 0 Å². The zero-order valence-electron chi connectivity index (χ0n) is 11.2. The molecule has 1 aromatic carbocycles. The number of carboxylic acid groups (broad SMARTS) is 1. The normalized spacial score (nSPS) is 20.1. The number of nitrogens with zero attached hydrogens (tertiary/aromatic N) is 1. The fourth-order valence-electron chi connectivity index (χ4n) is 2.03. The highest BCUT2D eigenvalue weighted by Crippen LogP contribution is 2.31. The molecule has 2 rings (SSSR count). The largest absolute Gasteiger partial charge is 0.479 e. The highest BCUT2D eigenvalue weighted by molar-refractivity contribution is 6.32. The van der Waals surface area contributed by atoms with Gasteiger partial charge in [-0.25, -0.2) is 9.79 Å². The molecule has 0 aliphatic carbocycles. The fourth-order valence-corrected chi connectivity index (χ4v) is 2.18. The van der Waals surface area contributed by atoms with Crippen LogP contribution in [0.2, 0.25) is 0 Å². The summed E-state index contributed by atoms with van der Waals surface area (Å²) in [5.74, 6) is -1.04. The fraction of sp³-hybridized carbons (Fsp3) is 0.286. The van der Waals surface area contributed by atoms with E-state index in [9.17, 15) is 9.90 Å². The van der Waals surface area contributed by atoms with Crippen LogP contribution in [0.25, 0.3) is 5.70 Å². The molecule has 0 spiro atoms. The molecule has 1 unspecified atom stereocenters. The van der Waals surface area contributed by atoms with Crippen LogP contribution >= 0.6 is 11.6 Å². The van der Waals surface area contributed by atoms with Crippen molar-refractivity contribution in [2.75, 3.05) is 6.61 Å². The van der Waals surface area contributed by atoms with Gasteiger partial charge in [-0.1, -0.05) is 35.9 Å². The molecule has 1 aliphatic rings. The van der Waals surface area contributed by atoms with Gasteiger partial charge in [-0.15, -0.1) is 0 Å². The van der Waals surface area contributed by atoms with Gasteiger partial charge in [0.1, 0.15) is 0 Å². The molecule has 6 heteroatoms. The Labute approximate surface area is 121 Å². The first-order chi connectivity index (χ1) is 9.54. The predicted molar refractivity (Wildman–Crippen MR) is 77.5 cm³/mol. The van der Waals surface area contributed by atoms with E-state index in [1.54, 1.807) is 26.0 Å². The molecule has 106 valence electrons. The first kappa shape index (κ1) is 14.4. The number of carboxylic acids is 1. The summed E-state index contributed by atoms with van der Waals surface area (Å²) in [6.07, 6.45) is 0. The van der Waals surface area contributed by atoms with Crippen LogP contribution in [0.3, 0.4) is 0 Å². The van der Waals surface area contributed by atoms with E-state index in [-0.39, 0.29) is 6.02 Å². The van der Waals surface area contributed by atoms with Crippen molar-refractivity contribution in [2.24, 2.45) is 4.99 Å². The van der Waals surface area contributed by atoms with Gasteiger partial charge in [-0.2, -0.15) is 0 Å². The minimum Gasteiger partial charge on any atom is -0.479 e. The Bertz CT molecular complexity index is 592. The molecule has 0 aromatic heterocycles. The molecule has 0 saturated heterocycles. The average molecular weight is 295 g/mol. The van der Waals surface area contributed by atoms with Gasteiger partial charge in [0.25, 0.3) is 6.02 Å². The summed E-state index contributed by atoms with van der Waals surface area (Å²) in [7, 11) is 0. The van der Waals surface area contributed by atoms with Gasteiger partial charge in [0.15, 0.2) is 6.04 Å². The number of hydrogen-bond acceptors (Lipinski definition) is 4. The third kappa shape index (κ3) is 2.77. The summed E-state index contributed by atoms with van der Waals surface area (Å²) >= 11 is 6.11. The summed E-state index contributed by atoms with van der Waals surface area (Å²) in [5, 5.41) is 12.9. The minimum atomic E-state index is -1.04. The molecule has 0 bridgehead atoms. The lowest BCUT2D eigenvalue weighted by Gasteiger charge is -2.13. The number of aliphatic imine (C=N–C) groups is 1. The number of halogens is 1. The first-order valence-corrected chi connectivity index (χ1v) is 6.58. The van der Waals surface area contributed by atoms with Gasteiger partial charge in [-0.05, 0) is 19.4 Å². The molecule has 5 nitrogen and oxygen atoms in total. The van der Waals surface area contributed by atoms with Gasteiger partial charge in [0, 0.05) is 10.6 Å². The molecule has 0 radical (unpaired) electrons. The number of aliphatic carboxylic acids is 1. The standard InChI is InChI=1S/C14H15ClN2O3/c1-3-20-14-16-11(8(2)15)9-6-4-5-7-10(9)12(17-14)13(18)19/h4-7,12H,3H2,1-2H3,(H,16,17)(H,18,19)/b11-8-. The molecule has 1 aliphatic heterocycles. The lowest BCUT2D eigenvalue weighted by molar-refractivity contribution is -0.138. The van der Waals surface area contributed by atoms with E-state index < -0.39 is 12.0 Å². The van der Waals surface area contributed by atoms with Crippen LogP contribution < -0.4 is 5.32 Å². The van der Waals surface area contributed by atoms with Gasteiger partial charge in [0.05, 0.1) is 12.3 Å². The second-order valence-corrected chi connectivity index (χ2v) is 4.80. The molecular weight excluding hydrogens is 280 g/mol. The number of ether oxygens (including phenoxy) is 1. The zero-order chi connectivity index (χ0) is 14.7. The molecule has 1 aromatic rings. The third-order valence-electron chi connectivity index (χ3n) is 2.86. The Morgan fingerprint density at radius 3 is 2.80 bits per heavy atom. The van der Waals surface area contributed by atoms with E-state index in [4.69, 9.17) is 16.3 Å². The van der Waals surface area contributed by atoms with Crippen LogP contribution in [-0.2, 0) is 9.53 Å². The number of benzene rings is 1. The van der Waals surface area contributed by atoms with Crippen molar-refractivity contribution in [3.63, 3.8) is 0 Å². The van der Waals surface area contributed by atoms with Crippen molar-refractivity contribution < 1.29 is 14.6 Å². The van der Waals surface area contributed by atoms with Crippen LogP contribution in [0.15, 0.2) is 34.3 Å². The Hall–Kier alpha value is -2.01. The maximum Gasteiger partial charge on any atom is 0.333 e. The molecule has 0 fully saturated rings. The highest BCUT2D eigenvalue weighted by atomic mass is 35.5. The Morgan fingerprint density at radius 1 is 1.50 bits per heavy atom. The van der Waals surface area contributed by atoms with Gasteiger partial charge in [0.2, 0.25) is 0 Å². The molecular formula is C14H15ClN2O3. The zero-order valence-corrected chi connectivity index (χ0v) is 11.9. The van der Waals surface area contributed by atoms with Gasteiger partial charge >= 0.3 is 5.97 Å². The minimum absolute atomic E-state index is 0.158. The molecule has 1 atom stereocenters. The van der Waals surface area contributed by atoms with E-state index in [1.807, 2.05) is 12.1 Å². The lowest BCUT2D eigenvalue weighted by Crippen LogP contribution is -2.24. The van der Waals surface area contributed by atoms with E-state index in [2.05, 4.69) is 10.3 Å². The third-order valence-corrected chi connectivity index (χ3v) is 3.05. The molecule has 2 N–H and O–H groups in total. The number of carbonyl (C=O) groups is 1. The molecule has 0 amide bonds. The monoisotopic (exact) mass is 294 g/mol. The van der Waals surface area contributed by atoms with Gasteiger partial charge in [-0.3, -0.25) is 0 Å². The van der Waals surface area contributed by atoms with Gasteiger partial charge < -0.3 is 15.2 Å². The summed E-state index contributed by atoms with van der Waals surface area (Å²) in [4.78, 5) is 15.6. The van der Waals surface area contributed by atoms with Crippen LogP contribution in [-0.4, -0.2) is 23.7 Å². The van der Waals surface area contributed by atoms with Crippen LogP contribution in [0.5, 0.6) is 0 Å². The second-order valence-electron chi connectivity index (χ2n) is 4.23. The molecule has 0 saturated carbocycles. The number of amidine groups is 1. The SMILES string of the molecule is CCOC1=NC(C(=O)O)c2ccccc2/C(=C(\C)Cl)N1. The van der Waals surface area contributed by atoms with Crippen molar-refractivity contribution in [2.45, 2.75) is 19.9 Å². The number of nitrogens with one attached hydrogen (secondary N) is 1. The van der Waals surface area contributed by atoms with Crippen LogP contribution in [0, 0.1) is 0 Å². The quantitative estimate of drug-likeness (QED) is 0.880. The smallest absolute Gasteiger partial charge is 0.333 e. The maximum absolute atomic E-state index is 11.5. The van der Waals surface area contributed by atoms with Crippen molar-refractivity contribution in [1.82, 2.24) is 5.32 Å². The van der Waals surface area contributed by atoms with Crippen LogP contribution in [0.4, 0.5) is 0 Å². The molecule has 20 heavy (non-hydrogen) atoms. The summed E-state index contributed by atoms with van der Waals surface area (Å²) in [6.45, 7) is 3.91. The summed E-state index contributed by atoms with van der Waals surface area (Å²) in [6, 6.07) is 6.28. The number of allylic oxidation sites excluding steroid dienone is 1. The highest BCUT2D eigenvalue weighted by Gasteiger charge is 2.28. The average Bonchev–Trinajstić information content (AvgIpc) is 2.57. The Kier molecular flexibility index (Phi) is 4.29. The number of fused-ring (bicyclic) bond motifs is 1. The van der Waals surface area contributed by atoms with E-state index in [0.717, 1.165) is 0 Å². The first-order valence-electron chi connectivity index (χ1n) is 6.20. The van der Waals surface area contributed by atoms with Crippen molar-refractivity contribution in [3.05, 3.63) is 40.4 Å². The summed E-state index contributed by atoms with van der Waals surface area (Å²) < 4.78 is 5.34. The van der Waals surface area contributed by atoms with Crippen molar-refractivity contribution >= 4 is 29.3 Å². The Morgan fingerprint density at radius 2 is 2.20 bits per heavy atom. The number of rotatable bonds is 2.